The van der Waals surface area contributed by atoms with Crippen molar-refractivity contribution in [3.8, 4) is 11.3 Å². The fourth-order valence-electron chi connectivity index (χ4n) is 3.39. The maximum absolute atomic E-state index is 12.9. The molecule has 0 saturated heterocycles. The van der Waals surface area contributed by atoms with Crippen molar-refractivity contribution in [2.45, 2.75) is 25.3 Å². The third-order valence-electron chi connectivity index (χ3n) is 4.93. The molecule has 1 atom stereocenters. The Morgan fingerprint density at radius 2 is 1.79 bits per heavy atom. The van der Waals surface area contributed by atoms with Crippen molar-refractivity contribution in [1.29, 1.82) is 0 Å². The van der Waals surface area contributed by atoms with E-state index in [4.69, 9.17) is 0 Å². The van der Waals surface area contributed by atoms with Gasteiger partial charge in [-0.05, 0) is 64.6 Å². The summed E-state index contributed by atoms with van der Waals surface area (Å²) in [6.07, 6.45) is 3.37. The minimum absolute atomic E-state index is 0.0170. The Balaban J connectivity index is 1.95. The molecule has 3 rings (SSSR count). The van der Waals surface area contributed by atoms with E-state index in [1.54, 1.807) is 36.7 Å². The molecule has 152 valence electrons. The summed E-state index contributed by atoms with van der Waals surface area (Å²) in [7, 11) is -2.29. The Kier molecular flexibility index (Phi) is 5.96. The van der Waals surface area contributed by atoms with E-state index < -0.39 is 9.52 Å². The van der Waals surface area contributed by atoms with Crippen LogP contribution in [0.2, 0.25) is 0 Å². The standard InChI is InChI=1S/C23H26N2O3S/c1-16-7-5-6-8-20(16)22-17(2)21(15-25(22)13-14-26)23(27)24-18-9-11-19(12-10-18)29(3,4)28/h5-12,15,26H,3,13-14H2,1-2,4H3,(H,24,27). The van der Waals surface area contributed by atoms with Gasteiger partial charge < -0.3 is 15.0 Å². The number of hydrogen-bond acceptors (Lipinski definition) is 3. The molecular weight excluding hydrogens is 384 g/mol. The van der Waals surface area contributed by atoms with Crippen molar-refractivity contribution in [2.75, 3.05) is 18.2 Å². The SMILES string of the molecule is C=S(C)(=O)c1ccc(NC(=O)c2cn(CCO)c(-c3ccccc3C)c2C)cc1. The highest BCUT2D eigenvalue weighted by Crippen LogP contribution is 2.31. The highest BCUT2D eigenvalue weighted by Gasteiger charge is 2.20. The van der Waals surface area contributed by atoms with Crippen LogP contribution in [-0.4, -0.2) is 38.5 Å². The normalized spacial score (nSPS) is 13.1. The van der Waals surface area contributed by atoms with Crippen molar-refractivity contribution in [3.63, 3.8) is 0 Å². The Morgan fingerprint density at radius 1 is 1.14 bits per heavy atom. The van der Waals surface area contributed by atoms with Gasteiger partial charge in [0, 0.05) is 35.1 Å². The van der Waals surface area contributed by atoms with Gasteiger partial charge in [-0.3, -0.25) is 9.00 Å². The van der Waals surface area contributed by atoms with Crippen LogP contribution in [0.25, 0.3) is 11.3 Å². The smallest absolute Gasteiger partial charge is 0.257 e. The molecule has 0 spiro atoms. The number of anilines is 1. The number of aryl methyl sites for hydroxylation is 1. The van der Waals surface area contributed by atoms with Gasteiger partial charge in [0.15, 0.2) is 0 Å². The van der Waals surface area contributed by atoms with Crippen molar-refractivity contribution in [1.82, 2.24) is 4.57 Å². The first-order chi connectivity index (χ1) is 13.7. The maximum atomic E-state index is 12.9. The molecule has 5 nitrogen and oxygen atoms in total. The Morgan fingerprint density at radius 3 is 2.38 bits per heavy atom. The molecule has 0 aliphatic heterocycles. The monoisotopic (exact) mass is 410 g/mol. The van der Waals surface area contributed by atoms with Gasteiger partial charge in [-0.2, -0.15) is 0 Å². The number of aromatic nitrogens is 1. The molecule has 0 saturated carbocycles. The number of benzene rings is 2. The minimum atomic E-state index is -2.29. The molecule has 29 heavy (non-hydrogen) atoms. The van der Waals surface area contributed by atoms with Crippen LogP contribution in [0.5, 0.6) is 0 Å². The van der Waals surface area contributed by atoms with Gasteiger partial charge in [0.1, 0.15) is 0 Å². The van der Waals surface area contributed by atoms with Gasteiger partial charge in [0.25, 0.3) is 5.91 Å². The number of nitrogens with one attached hydrogen (secondary N) is 1. The van der Waals surface area contributed by atoms with Gasteiger partial charge in [-0.25, -0.2) is 0 Å². The van der Waals surface area contributed by atoms with E-state index >= 15 is 0 Å². The number of hydrogen-bond donors (Lipinski definition) is 2. The van der Waals surface area contributed by atoms with Crippen LogP contribution in [0.1, 0.15) is 21.5 Å². The van der Waals surface area contributed by atoms with E-state index in [-0.39, 0.29) is 12.5 Å². The zero-order valence-electron chi connectivity index (χ0n) is 16.9. The van der Waals surface area contributed by atoms with Gasteiger partial charge in [0.2, 0.25) is 0 Å². The molecule has 6 heteroatoms. The molecule has 2 N–H and O–H groups in total. The highest BCUT2D eigenvalue weighted by atomic mass is 32.2. The van der Waals surface area contributed by atoms with Crippen LogP contribution in [0.3, 0.4) is 0 Å². The van der Waals surface area contributed by atoms with Crippen LogP contribution >= 0.6 is 0 Å². The molecule has 0 radical (unpaired) electrons. The summed E-state index contributed by atoms with van der Waals surface area (Å²) in [6.45, 7) is 4.33. The molecule has 0 fully saturated rings. The fourth-order valence-corrected chi connectivity index (χ4v) is 4.10. The van der Waals surface area contributed by atoms with Gasteiger partial charge in [0.05, 0.1) is 17.9 Å². The highest BCUT2D eigenvalue weighted by molar-refractivity contribution is 7.99. The summed E-state index contributed by atoms with van der Waals surface area (Å²) in [5.74, 6) is 3.45. The molecule has 1 heterocycles. The number of carbonyl (C=O) groups is 1. The number of rotatable bonds is 6. The largest absolute Gasteiger partial charge is 0.395 e. The van der Waals surface area contributed by atoms with E-state index in [2.05, 4.69) is 11.2 Å². The summed E-state index contributed by atoms with van der Waals surface area (Å²) < 4.78 is 14.0. The Labute approximate surface area is 172 Å². The predicted molar refractivity (Wildman–Crippen MR) is 120 cm³/mol. The van der Waals surface area contributed by atoms with Crippen LogP contribution in [0, 0.1) is 13.8 Å². The zero-order valence-corrected chi connectivity index (χ0v) is 17.8. The van der Waals surface area contributed by atoms with Crippen LogP contribution < -0.4 is 5.32 Å². The van der Waals surface area contributed by atoms with Crippen molar-refractivity contribution < 1.29 is 14.1 Å². The lowest BCUT2D eigenvalue weighted by Crippen LogP contribution is -2.12. The van der Waals surface area contributed by atoms with E-state index in [9.17, 15) is 14.1 Å². The molecule has 0 aliphatic carbocycles. The molecule has 1 unspecified atom stereocenters. The fraction of sp³-hybridized carbons (Fsp3) is 0.217. The molecule has 2 aromatic carbocycles. The first-order valence-electron chi connectivity index (χ1n) is 9.32. The minimum Gasteiger partial charge on any atom is -0.395 e. The average Bonchev–Trinajstić information content (AvgIpc) is 2.98. The summed E-state index contributed by atoms with van der Waals surface area (Å²) in [5.41, 5.74) is 5.10. The second-order valence-electron chi connectivity index (χ2n) is 7.23. The summed E-state index contributed by atoms with van der Waals surface area (Å²) >= 11 is 0. The predicted octanol–water partition coefficient (Wildman–Crippen LogP) is 3.72. The molecule has 0 bridgehead atoms. The topological polar surface area (TPSA) is 71.3 Å². The van der Waals surface area contributed by atoms with Crippen molar-refractivity contribution >= 4 is 27.0 Å². The molecular formula is C23H26N2O3S. The third kappa shape index (κ3) is 4.44. The van der Waals surface area contributed by atoms with Gasteiger partial charge in [-0.1, -0.05) is 24.3 Å². The van der Waals surface area contributed by atoms with E-state index in [0.29, 0.717) is 22.7 Å². The molecule has 3 aromatic rings. The summed E-state index contributed by atoms with van der Waals surface area (Å²) in [4.78, 5) is 13.6. The quantitative estimate of drug-likeness (QED) is 0.609. The van der Waals surface area contributed by atoms with Crippen LogP contribution in [0.4, 0.5) is 5.69 Å². The Hall–Kier alpha value is -2.83. The van der Waals surface area contributed by atoms with Crippen LogP contribution in [-0.2, 0) is 16.1 Å². The first kappa shape index (κ1) is 20.9. The lowest BCUT2D eigenvalue weighted by Gasteiger charge is -2.11. The second-order valence-corrected chi connectivity index (χ2v) is 9.71. The van der Waals surface area contributed by atoms with Crippen LogP contribution in [0.15, 0.2) is 59.6 Å². The average molecular weight is 411 g/mol. The summed E-state index contributed by atoms with van der Waals surface area (Å²) in [6, 6.07) is 14.9. The van der Waals surface area contributed by atoms with Crippen molar-refractivity contribution in [3.05, 3.63) is 71.4 Å². The van der Waals surface area contributed by atoms with Gasteiger partial charge >= 0.3 is 0 Å². The zero-order chi connectivity index (χ0) is 21.2. The van der Waals surface area contributed by atoms with E-state index in [0.717, 1.165) is 22.4 Å². The lowest BCUT2D eigenvalue weighted by atomic mass is 10.0. The lowest BCUT2D eigenvalue weighted by molar-refractivity contribution is 0.102. The number of aliphatic hydroxyl groups excluding tert-OH is 1. The number of amides is 1. The number of aliphatic hydroxyl groups is 1. The van der Waals surface area contributed by atoms with Gasteiger partial charge in [-0.15, -0.1) is 0 Å². The Bertz CT molecular complexity index is 1140. The molecule has 1 amide bonds. The third-order valence-corrected chi connectivity index (χ3v) is 6.20. The van der Waals surface area contributed by atoms with E-state index in [1.807, 2.05) is 42.7 Å². The van der Waals surface area contributed by atoms with E-state index in [1.165, 1.54) is 0 Å². The first-order valence-corrected chi connectivity index (χ1v) is 11.5. The summed E-state index contributed by atoms with van der Waals surface area (Å²) in [5, 5.41) is 12.4. The number of carbonyl (C=O) groups excluding carboxylic acids is 1. The maximum Gasteiger partial charge on any atom is 0.257 e. The second kappa shape index (κ2) is 8.27. The van der Waals surface area contributed by atoms with Crippen molar-refractivity contribution in [2.24, 2.45) is 0 Å². The number of nitrogens with zero attached hydrogens (tertiary/aromatic N) is 1. The molecule has 1 aromatic heterocycles. The molecule has 0 aliphatic rings.